The monoisotopic (exact) mass is 368 g/mol. The number of nitrogens with one attached hydrogen (secondary N) is 1. The fourth-order valence-electron chi connectivity index (χ4n) is 2.66. The molecule has 1 aromatic rings. The molecule has 1 unspecified atom stereocenters. The van der Waals surface area contributed by atoms with Crippen LogP contribution in [0, 0.1) is 5.92 Å². The van der Waals surface area contributed by atoms with Gasteiger partial charge in [-0.05, 0) is 44.2 Å². The van der Waals surface area contributed by atoms with Crippen molar-refractivity contribution < 1.29 is 8.42 Å². The Balaban J connectivity index is 1.84. The van der Waals surface area contributed by atoms with E-state index in [1.807, 2.05) is 0 Å². The van der Waals surface area contributed by atoms with Gasteiger partial charge in [0.2, 0.25) is 10.0 Å². The molecule has 1 saturated heterocycles. The van der Waals surface area contributed by atoms with E-state index in [1.54, 1.807) is 4.31 Å². The summed E-state index contributed by atoms with van der Waals surface area (Å²) in [6.45, 7) is 2.07. The van der Waals surface area contributed by atoms with Crippen molar-refractivity contribution in [1.82, 2.24) is 9.62 Å². The van der Waals surface area contributed by atoms with Gasteiger partial charge in [-0.1, -0.05) is 23.2 Å². The van der Waals surface area contributed by atoms with Crippen molar-refractivity contribution in [1.29, 1.82) is 0 Å². The van der Waals surface area contributed by atoms with Crippen molar-refractivity contribution in [3.05, 3.63) is 14.7 Å². The first kappa shape index (κ1) is 16.0. The third-order valence-corrected chi connectivity index (χ3v) is 7.57. The lowest BCUT2D eigenvalue weighted by Crippen LogP contribution is -2.42. The van der Waals surface area contributed by atoms with E-state index < -0.39 is 10.0 Å². The average molecular weight is 369 g/mol. The largest absolute Gasteiger partial charge is 0.313 e. The van der Waals surface area contributed by atoms with Gasteiger partial charge in [0.25, 0.3) is 0 Å². The van der Waals surface area contributed by atoms with E-state index in [1.165, 1.54) is 6.07 Å². The Morgan fingerprint density at radius 3 is 2.57 bits per heavy atom. The van der Waals surface area contributed by atoms with Crippen LogP contribution in [0.25, 0.3) is 0 Å². The van der Waals surface area contributed by atoms with Crippen LogP contribution in [-0.2, 0) is 10.0 Å². The minimum atomic E-state index is -3.57. The van der Waals surface area contributed by atoms with Crippen molar-refractivity contribution in [3.63, 3.8) is 0 Å². The number of sulfonamides is 1. The SMILES string of the molecule is O=S(=O)(c1cc(Cl)sc1Cl)N(CC1CC1)CC1CCCN1. The van der Waals surface area contributed by atoms with Gasteiger partial charge in [0.15, 0.2) is 0 Å². The molecule has 0 spiro atoms. The predicted molar refractivity (Wildman–Crippen MR) is 86.8 cm³/mol. The van der Waals surface area contributed by atoms with Gasteiger partial charge in [0.05, 0.1) is 4.34 Å². The molecule has 2 heterocycles. The molecular weight excluding hydrogens is 351 g/mol. The minimum Gasteiger partial charge on any atom is -0.313 e. The molecule has 118 valence electrons. The van der Waals surface area contributed by atoms with Crippen molar-refractivity contribution in [2.45, 2.75) is 36.6 Å². The zero-order valence-corrected chi connectivity index (χ0v) is 14.7. The molecule has 1 aliphatic heterocycles. The van der Waals surface area contributed by atoms with Gasteiger partial charge in [-0.25, -0.2) is 8.42 Å². The van der Waals surface area contributed by atoms with Gasteiger partial charge in [-0.15, -0.1) is 11.3 Å². The van der Waals surface area contributed by atoms with Crippen molar-refractivity contribution >= 4 is 44.6 Å². The molecule has 1 aromatic heterocycles. The Morgan fingerprint density at radius 2 is 2.05 bits per heavy atom. The van der Waals surface area contributed by atoms with Gasteiger partial charge >= 0.3 is 0 Å². The quantitative estimate of drug-likeness (QED) is 0.838. The number of rotatable bonds is 6. The van der Waals surface area contributed by atoms with Crippen molar-refractivity contribution in [3.8, 4) is 0 Å². The maximum absolute atomic E-state index is 12.9. The molecule has 2 fully saturated rings. The van der Waals surface area contributed by atoms with E-state index in [0.717, 1.165) is 43.6 Å². The van der Waals surface area contributed by atoms with Crippen LogP contribution >= 0.6 is 34.5 Å². The summed E-state index contributed by atoms with van der Waals surface area (Å²) in [4.78, 5) is 0.151. The van der Waals surface area contributed by atoms with Crippen LogP contribution in [0.1, 0.15) is 25.7 Å². The molecular formula is C13H18Cl2N2O2S2. The van der Waals surface area contributed by atoms with Gasteiger partial charge in [-0.3, -0.25) is 0 Å². The molecule has 21 heavy (non-hydrogen) atoms. The lowest BCUT2D eigenvalue weighted by molar-refractivity contribution is 0.358. The van der Waals surface area contributed by atoms with Crippen molar-refractivity contribution in [2.75, 3.05) is 19.6 Å². The number of halogens is 2. The zero-order valence-electron chi connectivity index (χ0n) is 11.5. The van der Waals surface area contributed by atoms with Gasteiger partial charge in [-0.2, -0.15) is 4.31 Å². The molecule has 2 aliphatic rings. The van der Waals surface area contributed by atoms with Crippen LogP contribution in [0.4, 0.5) is 0 Å². The van der Waals surface area contributed by atoms with Crippen LogP contribution in [0.2, 0.25) is 8.67 Å². The summed E-state index contributed by atoms with van der Waals surface area (Å²) in [5, 5.41) is 3.36. The Hall–Kier alpha value is 0.150. The molecule has 0 radical (unpaired) electrons. The lowest BCUT2D eigenvalue weighted by Gasteiger charge is -2.25. The summed E-state index contributed by atoms with van der Waals surface area (Å²) in [5.41, 5.74) is 0. The van der Waals surface area contributed by atoms with Gasteiger partial charge in [0, 0.05) is 19.1 Å². The second-order valence-electron chi connectivity index (χ2n) is 5.75. The molecule has 0 aromatic carbocycles. The van der Waals surface area contributed by atoms with Crippen LogP contribution in [0.3, 0.4) is 0 Å². The number of hydrogen-bond donors (Lipinski definition) is 1. The van der Waals surface area contributed by atoms with Gasteiger partial charge < -0.3 is 5.32 Å². The van der Waals surface area contributed by atoms with E-state index >= 15 is 0 Å². The predicted octanol–water partition coefficient (Wildman–Crippen LogP) is 3.21. The number of thiophene rings is 1. The maximum atomic E-state index is 12.9. The van der Waals surface area contributed by atoms with Crippen LogP contribution in [-0.4, -0.2) is 38.4 Å². The van der Waals surface area contributed by atoms with E-state index in [2.05, 4.69) is 5.32 Å². The second kappa shape index (κ2) is 6.34. The highest BCUT2D eigenvalue weighted by atomic mass is 35.5. The highest BCUT2D eigenvalue weighted by Gasteiger charge is 2.35. The fourth-order valence-corrected chi connectivity index (χ4v) is 6.33. The summed E-state index contributed by atoms with van der Waals surface area (Å²) in [7, 11) is -3.57. The maximum Gasteiger partial charge on any atom is 0.245 e. The second-order valence-corrected chi connectivity index (χ2v) is 9.94. The first-order valence-corrected chi connectivity index (χ1v) is 10.2. The standard InChI is InChI=1S/C13H18Cl2N2O2S2/c14-12-6-11(13(15)20-12)21(18,19)17(7-9-3-4-9)8-10-2-1-5-16-10/h6,9-10,16H,1-5,7-8H2. The highest BCUT2D eigenvalue weighted by molar-refractivity contribution is 7.89. The van der Waals surface area contributed by atoms with E-state index in [4.69, 9.17) is 23.2 Å². The first-order chi connectivity index (χ1) is 9.96. The summed E-state index contributed by atoms with van der Waals surface area (Å²) < 4.78 is 28.0. The highest BCUT2D eigenvalue weighted by Crippen LogP contribution is 2.38. The number of nitrogens with zero attached hydrogens (tertiary/aromatic N) is 1. The van der Waals surface area contributed by atoms with E-state index in [0.29, 0.717) is 23.3 Å². The van der Waals surface area contributed by atoms with Gasteiger partial charge in [0.1, 0.15) is 9.23 Å². The summed E-state index contributed by atoms with van der Waals surface area (Å²) >= 11 is 13.1. The van der Waals surface area contributed by atoms with Crippen LogP contribution in [0.15, 0.2) is 11.0 Å². The Kier molecular flexibility index (Phi) is 4.83. The summed E-state index contributed by atoms with van der Waals surface area (Å²) in [6, 6.07) is 1.71. The summed E-state index contributed by atoms with van der Waals surface area (Å²) in [5.74, 6) is 0.495. The van der Waals surface area contributed by atoms with Crippen molar-refractivity contribution in [2.24, 2.45) is 5.92 Å². The number of hydrogen-bond acceptors (Lipinski definition) is 4. The Labute approximate surface area is 139 Å². The molecule has 1 N–H and O–H groups in total. The topological polar surface area (TPSA) is 49.4 Å². The summed E-state index contributed by atoms with van der Waals surface area (Å²) in [6.07, 6.45) is 4.35. The zero-order chi connectivity index (χ0) is 15.0. The minimum absolute atomic E-state index is 0.151. The lowest BCUT2D eigenvalue weighted by atomic mass is 10.2. The molecule has 1 aliphatic carbocycles. The third kappa shape index (κ3) is 3.74. The molecule has 0 bridgehead atoms. The molecule has 1 atom stereocenters. The van der Waals surface area contributed by atoms with E-state index in [9.17, 15) is 8.42 Å². The van der Waals surface area contributed by atoms with Crippen LogP contribution in [0.5, 0.6) is 0 Å². The first-order valence-electron chi connectivity index (χ1n) is 7.15. The molecule has 1 saturated carbocycles. The molecule has 4 nitrogen and oxygen atoms in total. The molecule has 8 heteroatoms. The average Bonchev–Trinajstić information content (AvgIpc) is 2.94. The normalized spacial score (nSPS) is 23.1. The third-order valence-electron chi connectivity index (χ3n) is 3.99. The Morgan fingerprint density at radius 1 is 1.29 bits per heavy atom. The Bertz CT molecular complexity index is 608. The molecule has 3 rings (SSSR count). The van der Waals surface area contributed by atoms with E-state index in [-0.39, 0.29) is 15.3 Å². The smallest absolute Gasteiger partial charge is 0.245 e. The fraction of sp³-hybridized carbons (Fsp3) is 0.692. The van der Waals surface area contributed by atoms with Crippen LogP contribution < -0.4 is 5.32 Å². The molecule has 0 amide bonds.